The average molecular weight is 269 g/mol. The van der Waals surface area contributed by atoms with Gasteiger partial charge in [-0.15, -0.1) is 0 Å². The van der Waals surface area contributed by atoms with E-state index in [1.165, 1.54) is 0 Å². The Morgan fingerprint density at radius 3 is 2.72 bits per heavy atom. The number of rotatable bonds is 6. The molecule has 0 aliphatic heterocycles. The predicted octanol–water partition coefficient (Wildman–Crippen LogP) is 3.99. The summed E-state index contributed by atoms with van der Waals surface area (Å²) in [5.41, 5.74) is 0.246. The van der Waals surface area contributed by atoms with Gasteiger partial charge in [-0.2, -0.15) is 5.26 Å². The number of nitrogens with zero attached hydrogens (tertiary/aromatic N) is 1. The van der Waals surface area contributed by atoms with Crippen LogP contribution in [0.3, 0.4) is 0 Å². The molecule has 0 spiro atoms. The number of benzene rings is 1. The third-order valence-corrected chi connectivity index (χ3v) is 5.18. The molecule has 0 amide bonds. The van der Waals surface area contributed by atoms with Crippen LogP contribution in [0.2, 0.25) is 19.1 Å². The first-order valence-electron chi connectivity index (χ1n) is 5.89. The third-order valence-electron chi connectivity index (χ3n) is 2.69. The summed E-state index contributed by atoms with van der Waals surface area (Å²) in [6, 6.07) is 6.30. The molecule has 98 valence electrons. The maximum Gasteiger partial charge on any atom is 0.187 e. The minimum Gasteiger partial charge on any atom is -0.413 e. The van der Waals surface area contributed by atoms with Crippen molar-refractivity contribution >= 4 is 8.32 Å². The molecule has 0 atom stereocenters. The van der Waals surface area contributed by atoms with Crippen LogP contribution in [0.5, 0.6) is 0 Å². The Labute approximate surface area is 107 Å². The first-order valence-corrected chi connectivity index (χ1v) is 9.01. The van der Waals surface area contributed by atoms with Crippen LogP contribution in [0.1, 0.15) is 18.4 Å². The fourth-order valence-electron chi connectivity index (χ4n) is 1.59. The molecule has 1 rings (SSSR count). The van der Waals surface area contributed by atoms with E-state index in [-0.39, 0.29) is 12.2 Å². The maximum absolute atomic E-state index is 13.4. The standard InChI is InChI=1S/C13H17F2NOSi/c1-18(2,8-4-3-7-16)17-10-11-9-12(14)5-6-13(11)15/h5-6,9H,3-4,8,10H2,1-2H3. The van der Waals surface area contributed by atoms with Crippen molar-refractivity contribution in [3.63, 3.8) is 0 Å². The Morgan fingerprint density at radius 1 is 1.33 bits per heavy atom. The largest absolute Gasteiger partial charge is 0.413 e. The van der Waals surface area contributed by atoms with E-state index in [1.807, 2.05) is 13.1 Å². The molecular formula is C13H17F2NOSi. The first kappa shape index (κ1) is 14.8. The van der Waals surface area contributed by atoms with E-state index in [0.717, 1.165) is 30.7 Å². The lowest BCUT2D eigenvalue weighted by Gasteiger charge is -2.22. The molecule has 0 bridgehead atoms. The summed E-state index contributed by atoms with van der Waals surface area (Å²) in [5.74, 6) is -0.905. The lowest BCUT2D eigenvalue weighted by molar-refractivity contribution is 0.287. The van der Waals surface area contributed by atoms with Crippen LogP contribution in [0, 0.1) is 23.0 Å². The summed E-state index contributed by atoms with van der Waals surface area (Å²) >= 11 is 0. The summed E-state index contributed by atoms with van der Waals surface area (Å²) in [6.07, 6.45) is 1.30. The molecule has 0 unspecified atom stereocenters. The highest BCUT2D eigenvalue weighted by molar-refractivity contribution is 6.71. The molecule has 0 aromatic heterocycles. The lowest BCUT2D eigenvalue weighted by atomic mass is 10.2. The minimum atomic E-state index is -1.90. The van der Waals surface area contributed by atoms with Gasteiger partial charge in [-0.05, 0) is 43.8 Å². The Balaban J connectivity index is 2.53. The topological polar surface area (TPSA) is 33.0 Å². The van der Waals surface area contributed by atoms with Crippen LogP contribution >= 0.6 is 0 Å². The number of unbranched alkanes of at least 4 members (excludes halogenated alkanes) is 1. The van der Waals surface area contributed by atoms with Crippen LogP contribution in [-0.4, -0.2) is 8.32 Å². The van der Waals surface area contributed by atoms with Crippen molar-refractivity contribution < 1.29 is 13.2 Å². The van der Waals surface area contributed by atoms with Crippen LogP contribution < -0.4 is 0 Å². The second-order valence-electron chi connectivity index (χ2n) is 4.80. The van der Waals surface area contributed by atoms with Crippen molar-refractivity contribution in [3.05, 3.63) is 35.4 Å². The lowest BCUT2D eigenvalue weighted by Crippen LogP contribution is -2.29. The summed E-state index contributed by atoms with van der Waals surface area (Å²) < 4.78 is 32.1. The first-order chi connectivity index (χ1) is 8.44. The summed E-state index contributed by atoms with van der Waals surface area (Å²) in [5, 5.41) is 8.47. The van der Waals surface area contributed by atoms with Crippen molar-refractivity contribution in [3.8, 4) is 6.07 Å². The van der Waals surface area contributed by atoms with Crippen LogP contribution in [0.15, 0.2) is 18.2 Å². The molecule has 0 aliphatic rings. The third kappa shape index (κ3) is 4.94. The Bertz CT molecular complexity index is 443. The Kier molecular flexibility index (Phi) is 5.44. The fraction of sp³-hybridized carbons (Fsp3) is 0.462. The fourth-order valence-corrected chi connectivity index (χ4v) is 3.31. The van der Waals surface area contributed by atoms with Gasteiger partial charge in [-0.1, -0.05) is 0 Å². The second-order valence-corrected chi connectivity index (χ2v) is 9.10. The van der Waals surface area contributed by atoms with Gasteiger partial charge in [-0.3, -0.25) is 0 Å². The van der Waals surface area contributed by atoms with Gasteiger partial charge in [0.05, 0.1) is 12.7 Å². The summed E-state index contributed by atoms with van der Waals surface area (Å²) in [7, 11) is -1.90. The van der Waals surface area contributed by atoms with Gasteiger partial charge < -0.3 is 4.43 Å². The molecule has 0 aliphatic carbocycles. The molecule has 0 N–H and O–H groups in total. The second kappa shape index (κ2) is 6.62. The molecular weight excluding hydrogens is 252 g/mol. The highest BCUT2D eigenvalue weighted by Crippen LogP contribution is 2.19. The van der Waals surface area contributed by atoms with Gasteiger partial charge in [0.1, 0.15) is 11.6 Å². The zero-order valence-electron chi connectivity index (χ0n) is 10.7. The van der Waals surface area contributed by atoms with E-state index in [1.54, 1.807) is 0 Å². The van der Waals surface area contributed by atoms with E-state index in [0.29, 0.717) is 6.42 Å². The minimum absolute atomic E-state index is 0.0926. The molecule has 0 saturated carbocycles. The number of hydrogen-bond donors (Lipinski definition) is 0. The quantitative estimate of drug-likeness (QED) is 0.578. The van der Waals surface area contributed by atoms with Gasteiger partial charge in [-0.25, -0.2) is 8.78 Å². The smallest absolute Gasteiger partial charge is 0.187 e. The van der Waals surface area contributed by atoms with Crippen LogP contribution in [0.25, 0.3) is 0 Å². The van der Waals surface area contributed by atoms with Crippen molar-refractivity contribution in [1.82, 2.24) is 0 Å². The van der Waals surface area contributed by atoms with Gasteiger partial charge in [0, 0.05) is 12.0 Å². The SMILES string of the molecule is C[Si](C)(CCCC#N)OCc1cc(F)ccc1F. The van der Waals surface area contributed by atoms with Gasteiger partial charge >= 0.3 is 0 Å². The normalized spacial score (nSPS) is 11.3. The molecule has 5 heteroatoms. The highest BCUT2D eigenvalue weighted by atomic mass is 28.4. The Hall–Kier alpha value is -1.25. The van der Waals surface area contributed by atoms with Crippen molar-refractivity contribution in [2.24, 2.45) is 0 Å². The molecule has 1 aromatic rings. The zero-order chi connectivity index (χ0) is 13.6. The van der Waals surface area contributed by atoms with Crippen molar-refractivity contribution in [1.29, 1.82) is 5.26 Å². The summed E-state index contributed by atoms with van der Waals surface area (Å²) in [6.45, 7) is 4.12. The van der Waals surface area contributed by atoms with E-state index in [9.17, 15) is 8.78 Å². The zero-order valence-corrected chi connectivity index (χ0v) is 11.7. The molecule has 0 radical (unpaired) electrons. The molecule has 0 fully saturated rings. The molecule has 1 aromatic carbocycles. The predicted molar refractivity (Wildman–Crippen MR) is 68.3 cm³/mol. The van der Waals surface area contributed by atoms with Gasteiger partial charge in [0.15, 0.2) is 8.32 Å². The molecule has 0 heterocycles. The van der Waals surface area contributed by atoms with E-state index < -0.39 is 20.0 Å². The van der Waals surface area contributed by atoms with Crippen molar-refractivity contribution in [2.45, 2.75) is 38.6 Å². The maximum atomic E-state index is 13.4. The van der Waals surface area contributed by atoms with E-state index >= 15 is 0 Å². The van der Waals surface area contributed by atoms with Crippen molar-refractivity contribution in [2.75, 3.05) is 0 Å². The van der Waals surface area contributed by atoms with Gasteiger partial charge in [0.25, 0.3) is 0 Å². The van der Waals surface area contributed by atoms with Crippen LogP contribution in [0.4, 0.5) is 8.78 Å². The van der Waals surface area contributed by atoms with Gasteiger partial charge in [0.2, 0.25) is 0 Å². The number of halogens is 2. The molecule has 0 saturated heterocycles. The van der Waals surface area contributed by atoms with Crippen LogP contribution in [-0.2, 0) is 11.0 Å². The average Bonchev–Trinajstić information content (AvgIpc) is 2.31. The summed E-state index contributed by atoms with van der Waals surface area (Å²) in [4.78, 5) is 0. The monoisotopic (exact) mass is 269 g/mol. The van der Waals surface area contributed by atoms with E-state index in [4.69, 9.17) is 9.69 Å². The molecule has 18 heavy (non-hydrogen) atoms. The van der Waals surface area contributed by atoms with E-state index in [2.05, 4.69) is 6.07 Å². The molecule has 2 nitrogen and oxygen atoms in total. The number of nitriles is 1. The highest BCUT2D eigenvalue weighted by Gasteiger charge is 2.22. The Morgan fingerprint density at radius 2 is 2.06 bits per heavy atom. The number of hydrogen-bond acceptors (Lipinski definition) is 2.